The van der Waals surface area contributed by atoms with E-state index in [2.05, 4.69) is 47.3 Å². The largest absolute Gasteiger partial charge is 0.490 e. The molecule has 0 unspecified atom stereocenters. The predicted molar refractivity (Wildman–Crippen MR) is 111 cm³/mol. The minimum atomic E-state index is 0.374. The van der Waals surface area contributed by atoms with Gasteiger partial charge in [-0.05, 0) is 49.7 Å². The summed E-state index contributed by atoms with van der Waals surface area (Å²) < 4.78 is 12.9. The van der Waals surface area contributed by atoms with Crippen LogP contribution in [0.5, 0.6) is 5.75 Å². The van der Waals surface area contributed by atoms with E-state index >= 15 is 0 Å². The predicted octanol–water partition coefficient (Wildman–Crippen LogP) is 4.06. The topological polar surface area (TPSA) is 52.4 Å². The molecule has 0 spiro atoms. The lowest BCUT2D eigenvalue weighted by Gasteiger charge is -2.47. The van der Waals surface area contributed by atoms with Gasteiger partial charge < -0.3 is 14.4 Å². The Morgan fingerprint density at radius 1 is 1.11 bits per heavy atom. The third kappa shape index (κ3) is 4.85. The minimum Gasteiger partial charge on any atom is -0.490 e. The Morgan fingerprint density at radius 2 is 1.86 bits per heavy atom. The lowest BCUT2D eigenvalue weighted by atomic mass is 9.84. The second kappa shape index (κ2) is 8.11. The van der Waals surface area contributed by atoms with E-state index in [9.17, 15) is 0 Å². The van der Waals surface area contributed by atoms with Gasteiger partial charge in [-0.2, -0.15) is 0 Å². The van der Waals surface area contributed by atoms with Crippen LogP contribution in [0.3, 0.4) is 0 Å². The van der Waals surface area contributed by atoms with Crippen molar-refractivity contribution in [1.82, 2.24) is 15.0 Å². The van der Waals surface area contributed by atoms with Crippen molar-refractivity contribution in [2.24, 2.45) is 12.5 Å². The van der Waals surface area contributed by atoms with Crippen molar-refractivity contribution >= 4 is 5.69 Å². The standard InChI is InChI=1S/C17H22N4O.C5H10O/c1-17(2)10-21(11-17)12-4-7-14(15-9-20(3)19-18-15)16(8-12)22-13-5-6-13;1-2-4-6-5-3-1/h4,7-9,13H,5-6,10-11H2,1-3H3;1-5H2. The minimum absolute atomic E-state index is 0.374. The van der Waals surface area contributed by atoms with E-state index < -0.39 is 0 Å². The van der Waals surface area contributed by atoms with E-state index in [4.69, 9.17) is 9.47 Å². The molecule has 3 heterocycles. The monoisotopic (exact) mass is 384 g/mol. The first-order valence-electron chi connectivity index (χ1n) is 10.5. The molecule has 0 bridgehead atoms. The van der Waals surface area contributed by atoms with Gasteiger partial charge in [0.05, 0.1) is 12.3 Å². The Kier molecular flexibility index (Phi) is 5.58. The molecule has 0 atom stereocenters. The number of aryl methyl sites for hydroxylation is 1. The van der Waals surface area contributed by atoms with Gasteiger partial charge in [-0.25, -0.2) is 0 Å². The molecule has 2 aliphatic heterocycles. The molecule has 2 aromatic rings. The van der Waals surface area contributed by atoms with E-state index in [1.54, 1.807) is 4.68 Å². The normalized spacial score (nSPS) is 20.8. The second-order valence-corrected chi connectivity index (χ2v) is 8.97. The van der Waals surface area contributed by atoms with Gasteiger partial charge in [-0.1, -0.05) is 19.1 Å². The van der Waals surface area contributed by atoms with Crippen molar-refractivity contribution < 1.29 is 9.47 Å². The van der Waals surface area contributed by atoms with Crippen LogP contribution in [-0.2, 0) is 11.8 Å². The first-order chi connectivity index (χ1) is 13.5. The fourth-order valence-electron chi connectivity index (χ4n) is 3.71. The van der Waals surface area contributed by atoms with Crippen molar-refractivity contribution in [1.29, 1.82) is 0 Å². The van der Waals surface area contributed by atoms with Crippen LogP contribution in [0.2, 0.25) is 0 Å². The summed E-state index contributed by atoms with van der Waals surface area (Å²) in [5.41, 5.74) is 3.56. The smallest absolute Gasteiger partial charge is 0.131 e. The number of anilines is 1. The molecule has 1 aliphatic carbocycles. The lowest BCUT2D eigenvalue weighted by molar-refractivity contribution is 0.0968. The van der Waals surface area contributed by atoms with Gasteiger partial charge in [-0.15, -0.1) is 5.10 Å². The zero-order valence-electron chi connectivity index (χ0n) is 17.4. The molecule has 3 fully saturated rings. The molecule has 28 heavy (non-hydrogen) atoms. The highest BCUT2D eigenvalue weighted by Crippen LogP contribution is 2.40. The molecule has 0 radical (unpaired) electrons. The molecular formula is C22H32N4O2. The summed E-state index contributed by atoms with van der Waals surface area (Å²) in [4.78, 5) is 2.40. The van der Waals surface area contributed by atoms with Crippen molar-refractivity contribution in [2.75, 3.05) is 31.2 Å². The summed E-state index contributed by atoms with van der Waals surface area (Å²) in [5, 5.41) is 8.26. The summed E-state index contributed by atoms with van der Waals surface area (Å²) in [5.74, 6) is 0.935. The molecule has 0 N–H and O–H groups in total. The number of ether oxygens (including phenoxy) is 2. The van der Waals surface area contributed by atoms with Crippen LogP contribution < -0.4 is 9.64 Å². The number of aromatic nitrogens is 3. The summed E-state index contributed by atoms with van der Waals surface area (Å²) >= 11 is 0. The molecule has 5 rings (SSSR count). The Balaban J connectivity index is 0.000000275. The molecule has 1 aromatic heterocycles. The van der Waals surface area contributed by atoms with Crippen LogP contribution in [0, 0.1) is 5.41 Å². The van der Waals surface area contributed by atoms with Gasteiger partial charge in [0.25, 0.3) is 0 Å². The molecule has 1 saturated carbocycles. The quantitative estimate of drug-likeness (QED) is 0.796. The molecule has 6 nitrogen and oxygen atoms in total. The van der Waals surface area contributed by atoms with Gasteiger partial charge >= 0.3 is 0 Å². The van der Waals surface area contributed by atoms with E-state index in [0.29, 0.717) is 11.5 Å². The van der Waals surface area contributed by atoms with Gasteiger partial charge in [-0.3, -0.25) is 4.68 Å². The Hall–Kier alpha value is -2.08. The maximum atomic E-state index is 6.13. The molecular weight excluding hydrogens is 352 g/mol. The zero-order valence-corrected chi connectivity index (χ0v) is 17.4. The Morgan fingerprint density at radius 3 is 2.36 bits per heavy atom. The first-order valence-corrected chi connectivity index (χ1v) is 10.5. The fourth-order valence-corrected chi connectivity index (χ4v) is 3.71. The number of hydrogen-bond donors (Lipinski definition) is 0. The van der Waals surface area contributed by atoms with E-state index in [0.717, 1.165) is 56.2 Å². The van der Waals surface area contributed by atoms with Gasteiger partial charge in [0.2, 0.25) is 0 Å². The van der Waals surface area contributed by atoms with Crippen molar-refractivity contribution in [3.63, 3.8) is 0 Å². The highest BCUT2D eigenvalue weighted by Gasteiger charge is 2.34. The molecule has 1 aromatic carbocycles. The van der Waals surface area contributed by atoms with Crippen LogP contribution in [-0.4, -0.2) is 47.4 Å². The highest BCUT2D eigenvalue weighted by molar-refractivity contribution is 5.71. The van der Waals surface area contributed by atoms with Crippen LogP contribution in [0.4, 0.5) is 5.69 Å². The molecule has 152 valence electrons. The zero-order chi connectivity index (χ0) is 19.6. The van der Waals surface area contributed by atoms with Gasteiger partial charge in [0, 0.05) is 50.7 Å². The van der Waals surface area contributed by atoms with Crippen LogP contribution >= 0.6 is 0 Å². The summed E-state index contributed by atoms with van der Waals surface area (Å²) in [7, 11) is 1.88. The molecule has 6 heteroatoms. The van der Waals surface area contributed by atoms with E-state index in [1.165, 1.54) is 24.9 Å². The van der Waals surface area contributed by atoms with Crippen molar-refractivity contribution in [3.05, 3.63) is 24.4 Å². The average Bonchev–Trinajstić information content (AvgIpc) is 3.39. The summed E-state index contributed by atoms with van der Waals surface area (Å²) in [6.07, 6.45) is 8.54. The van der Waals surface area contributed by atoms with Crippen LogP contribution in [0.1, 0.15) is 46.0 Å². The first kappa shape index (κ1) is 19.2. The van der Waals surface area contributed by atoms with Gasteiger partial charge in [0.15, 0.2) is 0 Å². The molecule has 3 aliphatic rings. The number of nitrogens with zero attached hydrogens (tertiary/aromatic N) is 4. The number of benzene rings is 1. The van der Waals surface area contributed by atoms with Crippen molar-refractivity contribution in [3.8, 4) is 17.0 Å². The maximum Gasteiger partial charge on any atom is 0.131 e. The van der Waals surface area contributed by atoms with Crippen LogP contribution in [0.15, 0.2) is 24.4 Å². The molecule has 0 amide bonds. The van der Waals surface area contributed by atoms with E-state index in [1.807, 2.05) is 13.2 Å². The number of rotatable bonds is 4. The average molecular weight is 385 g/mol. The van der Waals surface area contributed by atoms with E-state index in [-0.39, 0.29) is 0 Å². The lowest BCUT2D eigenvalue weighted by Crippen LogP contribution is -2.53. The third-order valence-corrected chi connectivity index (χ3v) is 5.34. The van der Waals surface area contributed by atoms with Crippen LogP contribution in [0.25, 0.3) is 11.3 Å². The SMILES string of the molecule is C1CCOCC1.Cn1cc(-c2ccc(N3CC(C)(C)C3)cc2OC2CC2)nn1. The van der Waals surface area contributed by atoms with Crippen molar-refractivity contribution in [2.45, 2.75) is 52.1 Å². The summed E-state index contributed by atoms with van der Waals surface area (Å²) in [6.45, 7) is 8.80. The highest BCUT2D eigenvalue weighted by atomic mass is 16.5. The molecule has 2 saturated heterocycles. The Labute approximate surface area is 167 Å². The second-order valence-electron chi connectivity index (χ2n) is 8.97. The fraction of sp³-hybridized carbons (Fsp3) is 0.636. The maximum absolute atomic E-state index is 6.13. The third-order valence-electron chi connectivity index (χ3n) is 5.34. The number of hydrogen-bond acceptors (Lipinski definition) is 5. The summed E-state index contributed by atoms with van der Waals surface area (Å²) in [6, 6.07) is 6.44. The van der Waals surface area contributed by atoms with Gasteiger partial charge in [0.1, 0.15) is 11.4 Å². The Bertz CT molecular complexity index is 774.